The molecule has 0 unspecified atom stereocenters. The van der Waals surface area contributed by atoms with Crippen LogP contribution in [-0.4, -0.2) is 29.4 Å². The Kier molecular flexibility index (Phi) is 6.37. The summed E-state index contributed by atoms with van der Waals surface area (Å²) in [5.41, 5.74) is 1.12. The van der Waals surface area contributed by atoms with Crippen LogP contribution in [0.15, 0.2) is 43.0 Å². The van der Waals surface area contributed by atoms with Gasteiger partial charge in [-0.15, -0.1) is 6.58 Å². The summed E-state index contributed by atoms with van der Waals surface area (Å²) < 4.78 is 12.2. The minimum atomic E-state index is -0.837. The van der Waals surface area contributed by atoms with Crippen molar-refractivity contribution in [3.05, 3.63) is 48.6 Å². The molecule has 4 heteroatoms. The van der Waals surface area contributed by atoms with Crippen molar-refractivity contribution in [2.24, 2.45) is 11.8 Å². The predicted molar refractivity (Wildman–Crippen MR) is 89.1 cm³/mol. The number of rotatable bonds is 7. The molecule has 4 nitrogen and oxygen atoms in total. The molecular formula is C19H26O4. The van der Waals surface area contributed by atoms with E-state index < -0.39 is 5.97 Å². The normalized spacial score (nSPS) is 30.8. The van der Waals surface area contributed by atoms with Crippen molar-refractivity contribution in [3.63, 3.8) is 0 Å². The number of hydrogen-bond acceptors (Lipinski definition) is 3. The van der Waals surface area contributed by atoms with Crippen molar-refractivity contribution in [1.29, 1.82) is 0 Å². The van der Waals surface area contributed by atoms with E-state index in [9.17, 15) is 4.79 Å². The van der Waals surface area contributed by atoms with Gasteiger partial charge in [0.05, 0.1) is 31.3 Å². The van der Waals surface area contributed by atoms with E-state index in [1.807, 2.05) is 43.3 Å². The fourth-order valence-corrected chi connectivity index (χ4v) is 3.29. The zero-order valence-corrected chi connectivity index (χ0v) is 13.9. The Labute approximate surface area is 138 Å². The van der Waals surface area contributed by atoms with Gasteiger partial charge < -0.3 is 14.6 Å². The molecule has 0 amide bonds. The van der Waals surface area contributed by atoms with Crippen molar-refractivity contribution in [2.75, 3.05) is 0 Å². The molecule has 126 valence electrons. The quantitative estimate of drug-likeness (QED) is 0.780. The van der Waals surface area contributed by atoms with Crippen LogP contribution in [0.1, 0.15) is 32.3 Å². The molecule has 0 aromatic heterocycles. The fourth-order valence-electron chi connectivity index (χ4n) is 3.29. The molecule has 1 N–H and O–H groups in total. The molecule has 0 aliphatic carbocycles. The summed E-state index contributed by atoms with van der Waals surface area (Å²) in [5, 5.41) is 9.12. The van der Waals surface area contributed by atoms with E-state index in [1.165, 1.54) is 0 Å². The molecular weight excluding hydrogens is 292 g/mol. The Morgan fingerprint density at radius 1 is 1.26 bits per heavy atom. The molecule has 0 saturated carbocycles. The Hall–Kier alpha value is -1.65. The first kappa shape index (κ1) is 17.7. The Balaban J connectivity index is 2.08. The van der Waals surface area contributed by atoms with Crippen molar-refractivity contribution in [2.45, 2.75) is 51.6 Å². The topological polar surface area (TPSA) is 55.8 Å². The number of ether oxygens (including phenoxy) is 2. The Bertz CT molecular complexity index is 513. The van der Waals surface area contributed by atoms with Crippen LogP contribution in [0.4, 0.5) is 0 Å². The summed E-state index contributed by atoms with van der Waals surface area (Å²) in [6, 6.07) is 10.0. The molecule has 1 aromatic carbocycles. The average Bonchev–Trinajstić information content (AvgIpc) is 2.52. The second-order valence-corrected chi connectivity index (χ2v) is 6.31. The van der Waals surface area contributed by atoms with Crippen LogP contribution in [0.3, 0.4) is 0 Å². The average molecular weight is 318 g/mol. The first-order valence-electron chi connectivity index (χ1n) is 8.16. The van der Waals surface area contributed by atoms with Crippen molar-refractivity contribution < 1.29 is 19.4 Å². The largest absolute Gasteiger partial charge is 0.481 e. The standard InChI is InChI=1S/C19H26O4/c1-4-8-16-13(2)19(14(3)17(23-16)11-18(20)21)22-12-15-9-6-5-7-10-15/h4-7,9-10,13-14,16-17,19H,1,8,11-12H2,2-3H3,(H,20,21)/t13-,14-,16-,17-,19-/m1/s1. The van der Waals surface area contributed by atoms with Gasteiger partial charge in [0.2, 0.25) is 0 Å². The van der Waals surface area contributed by atoms with Crippen LogP contribution in [0.2, 0.25) is 0 Å². The maximum atomic E-state index is 11.1. The number of aliphatic carboxylic acids is 1. The second kappa shape index (κ2) is 8.27. The highest BCUT2D eigenvalue weighted by molar-refractivity contribution is 5.67. The summed E-state index contributed by atoms with van der Waals surface area (Å²) in [4.78, 5) is 11.1. The van der Waals surface area contributed by atoms with Crippen LogP contribution in [0, 0.1) is 11.8 Å². The van der Waals surface area contributed by atoms with Crippen LogP contribution in [0.25, 0.3) is 0 Å². The van der Waals surface area contributed by atoms with Gasteiger partial charge in [0.15, 0.2) is 0 Å². The third-order valence-electron chi connectivity index (χ3n) is 4.62. The molecule has 2 rings (SSSR count). The third kappa shape index (κ3) is 4.66. The smallest absolute Gasteiger partial charge is 0.305 e. The molecule has 1 aliphatic heterocycles. The Morgan fingerprint density at radius 3 is 2.52 bits per heavy atom. The minimum absolute atomic E-state index is 0.00667. The fraction of sp³-hybridized carbons (Fsp3) is 0.526. The van der Waals surface area contributed by atoms with Gasteiger partial charge in [-0.2, -0.15) is 0 Å². The summed E-state index contributed by atoms with van der Waals surface area (Å²) in [6.45, 7) is 8.43. The zero-order chi connectivity index (χ0) is 16.8. The third-order valence-corrected chi connectivity index (χ3v) is 4.62. The maximum Gasteiger partial charge on any atom is 0.305 e. The van der Waals surface area contributed by atoms with Gasteiger partial charge in [0.25, 0.3) is 0 Å². The van der Waals surface area contributed by atoms with Gasteiger partial charge in [-0.05, 0) is 12.0 Å². The molecule has 1 aliphatic rings. The van der Waals surface area contributed by atoms with E-state index in [2.05, 4.69) is 13.5 Å². The van der Waals surface area contributed by atoms with Crippen LogP contribution in [0.5, 0.6) is 0 Å². The zero-order valence-electron chi connectivity index (χ0n) is 13.9. The van der Waals surface area contributed by atoms with E-state index in [0.29, 0.717) is 13.0 Å². The minimum Gasteiger partial charge on any atom is -0.481 e. The van der Waals surface area contributed by atoms with Gasteiger partial charge >= 0.3 is 5.97 Å². The lowest BCUT2D eigenvalue weighted by Gasteiger charge is -2.44. The van der Waals surface area contributed by atoms with Crippen LogP contribution < -0.4 is 0 Å². The molecule has 1 fully saturated rings. The molecule has 0 radical (unpaired) electrons. The van der Waals surface area contributed by atoms with Crippen molar-refractivity contribution in [3.8, 4) is 0 Å². The lowest BCUT2D eigenvalue weighted by atomic mass is 9.80. The van der Waals surface area contributed by atoms with E-state index in [4.69, 9.17) is 14.6 Å². The molecule has 0 spiro atoms. The predicted octanol–water partition coefficient (Wildman–Crippen LogP) is 3.66. The molecule has 1 saturated heterocycles. The lowest BCUT2D eigenvalue weighted by molar-refractivity contribution is -0.189. The van der Waals surface area contributed by atoms with E-state index in [1.54, 1.807) is 0 Å². The highest BCUT2D eigenvalue weighted by Gasteiger charge is 2.42. The first-order chi connectivity index (χ1) is 11.0. The Morgan fingerprint density at radius 2 is 1.91 bits per heavy atom. The van der Waals surface area contributed by atoms with Crippen LogP contribution >= 0.6 is 0 Å². The van der Waals surface area contributed by atoms with Gasteiger partial charge in [-0.3, -0.25) is 4.79 Å². The molecule has 23 heavy (non-hydrogen) atoms. The van der Waals surface area contributed by atoms with Gasteiger partial charge in [0, 0.05) is 11.8 Å². The molecule has 5 atom stereocenters. The molecule has 0 bridgehead atoms. The summed E-state index contributed by atoms with van der Waals surface area (Å²) in [6.07, 6.45) is 2.13. The summed E-state index contributed by atoms with van der Waals surface area (Å²) in [7, 11) is 0. The number of benzene rings is 1. The lowest BCUT2D eigenvalue weighted by Crippen LogP contribution is -2.50. The number of carboxylic acid groups (broad SMARTS) is 1. The molecule has 1 heterocycles. The van der Waals surface area contributed by atoms with Gasteiger partial charge in [0.1, 0.15) is 0 Å². The van der Waals surface area contributed by atoms with Gasteiger partial charge in [-0.25, -0.2) is 0 Å². The highest BCUT2D eigenvalue weighted by Crippen LogP contribution is 2.35. The SMILES string of the molecule is C=CC[C@H]1O[C@H](CC(=O)O)[C@@H](C)[C@H](OCc2ccccc2)[C@@H]1C. The number of carbonyl (C=O) groups is 1. The monoisotopic (exact) mass is 318 g/mol. The van der Waals surface area contributed by atoms with Crippen LogP contribution in [-0.2, 0) is 20.9 Å². The maximum absolute atomic E-state index is 11.1. The second-order valence-electron chi connectivity index (χ2n) is 6.31. The van der Waals surface area contributed by atoms with E-state index in [-0.39, 0.29) is 36.6 Å². The van der Waals surface area contributed by atoms with Crippen molar-refractivity contribution >= 4 is 5.97 Å². The highest BCUT2D eigenvalue weighted by atomic mass is 16.5. The van der Waals surface area contributed by atoms with Gasteiger partial charge in [-0.1, -0.05) is 50.3 Å². The van der Waals surface area contributed by atoms with E-state index >= 15 is 0 Å². The number of hydrogen-bond donors (Lipinski definition) is 1. The number of carboxylic acids is 1. The first-order valence-corrected chi connectivity index (χ1v) is 8.16. The molecule has 1 aromatic rings. The summed E-state index contributed by atoms with van der Waals surface area (Å²) in [5.74, 6) is -0.613. The summed E-state index contributed by atoms with van der Waals surface area (Å²) >= 11 is 0. The van der Waals surface area contributed by atoms with Crippen molar-refractivity contribution in [1.82, 2.24) is 0 Å². The van der Waals surface area contributed by atoms with E-state index in [0.717, 1.165) is 5.56 Å².